The Hall–Kier alpha value is -1.69. The number of carbonyl (C=O) groups excluding carboxylic acids is 1. The van der Waals surface area contributed by atoms with Crippen molar-refractivity contribution in [1.29, 1.82) is 0 Å². The number of hydrogen-bond acceptors (Lipinski definition) is 5. The highest BCUT2D eigenvalue weighted by atomic mass is 16.5. The quantitative estimate of drug-likeness (QED) is 0.831. The number of carbonyl (C=O) groups is 1. The first-order valence-electron chi connectivity index (χ1n) is 10.1. The molecule has 1 aliphatic carbocycles. The first-order valence-corrected chi connectivity index (χ1v) is 10.1. The molecule has 1 aromatic rings. The molecule has 6 heteroatoms. The standard InChI is InChI=1S/C20H30N4O2/c25-18(23-12-14-26-15-13-23)16-17-2-4-20(5-3-17)6-10-24(11-7-20)19-21-8-1-9-22-19/h1,8-9,17H,2-7,10-16H2. The summed E-state index contributed by atoms with van der Waals surface area (Å²) in [4.78, 5) is 25.6. The van der Waals surface area contributed by atoms with E-state index in [-0.39, 0.29) is 0 Å². The van der Waals surface area contributed by atoms with Crippen LogP contribution in [0.15, 0.2) is 18.5 Å². The smallest absolute Gasteiger partial charge is 0.225 e. The summed E-state index contributed by atoms with van der Waals surface area (Å²) in [7, 11) is 0. The van der Waals surface area contributed by atoms with Crippen molar-refractivity contribution in [2.45, 2.75) is 44.9 Å². The van der Waals surface area contributed by atoms with Gasteiger partial charge in [-0.2, -0.15) is 0 Å². The number of hydrogen-bond donors (Lipinski definition) is 0. The second-order valence-corrected chi connectivity index (χ2v) is 8.18. The number of amides is 1. The molecule has 1 aromatic heterocycles. The second-order valence-electron chi connectivity index (χ2n) is 8.18. The Kier molecular flexibility index (Phi) is 5.38. The molecule has 6 nitrogen and oxygen atoms in total. The van der Waals surface area contributed by atoms with E-state index in [1.807, 2.05) is 23.4 Å². The van der Waals surface area contributed by atoms with Gasteiger partial charge < -0.3 is 14.5 Å². The largest absolute Gasteiger partial charge is 0.378 e. The molecular formula is C20H30N4O2. The molecule has 3 fully saturated rings. The van der Waals surface area contributed by atoms with Gasteiger partial charge in [0.25, 0.3) is 0 Å². The lowest BCUT2D eigenvalue weighted by Crippen LogP contribution is -2.44. The second kappa shape index (κ2) is 7.91. The summed E-state index contributed by atoms with van der Waals surface area (Å²) in [5, 5.41) is 0. The molecule has 1 saturated carbocycles. The van der Waals surface area contributed by atoms with E-state index >= 15 is 0 Å². The van der Waals surface area contributed by atoms with E-state index in [4.69, 9.17) is 4.74 Å². The minimum Gasteiger partial charge on any atom is -0.378 e. The molecule has 0 aromatic carbocycles. The number of nitrogens with zero attached hydrogens (tertiary/aromatic N) is 4. The molecule has 3 heterocycles. The summed E-state index contributed by atoms with van der Waals surface area (Å²) in [6.45, 7) is 5.05. The molecule has 3 aliphatic rings. The van der Waals surface area contributed by atoms with Gasteiger partial charge in [0.15, 0.2) is 0 Å². The minimum absolute atomic E-state index is 0.338. The normalized spacial score (nSPS) is 24.0. The number of morpholine rings is 1. The first-order chi connectivity index (χ1) is 12.7. The Balaban J connectivity index is 1.24. The van der Waals surface area contributed by atoms with Gasteiger partial charge in [0.2, 0.25) is 11.9 Å². The van der Waals surface area contributed by atoms with Crippen LogP contribution >= 0.6 is 0 Å². The number of aromatic nitrogens is 2. The zero-order valence-electron chi connectivity index (χ0n) is 15.6. The lowest BCUT2D eigenvalue weighted by Gasteiger charge is -2.46. The highest BCUT2D eigenvalue weighted by Crippen LogP contribution is 2.47. The van der Waals surface area contributed by atoms with Crippen LogP contribution in [-0.4, -0.2) is 60.2 Å². The fourth-order valence-corrected chi connectivity index (χ4v) is 4.82. The third-order valence-electron chi connectivity index (χ3n) is 6.65. The summed E-state index contributed by atoms with van der Waals surface area (Å²) in [5.74, 6) is 1.78. The molecular weight excluding hydrogens is 328 g/mol. The van der Waals surface area contributed by atoms with Crippen LogP contribution in [0.3, 0.4) is 0 Å². The minimum atomic E-state index is 0.338. The van der Waals surface area contributed by atoms with Crippen molar-refractivity contribution in [3.8, 4) is 0 Å². The molecule has 4 rings (SSSR count). The van der Waals surface area contributed by atoms with Gasteiger partial charge >= 0.3 is 0 Å². The molecule has 0 atom stereocenters. The van der Waals surface area contributed by atoms with Crippen molar-refractivity contribution in [2.24, 2.45) is 11.3 Å². The topological polar surface area (TPSA) is 58.6 Å². The van der Waals surface area contributed by atoms with Gasteiger partial charge in [-0.25, -0.2) is 9.97 Å². The van der Waals surface area contributed by atoms with Gasteiger partial charge in [0, 0.05) is 45.0 Å². The molecule has 26 heavy (non-hydrogen) atoms. The van der Waals surface area contributed by atoms with Gasteiger partial charge in [-0.05, 0) is 55.9 Å². The molecule has 0 bridgehead atoms. The van der Waals surface area contributed by atoms with Crippen molar-refractivity contribution in [1.82, 2.24) is 14.9 Å². The SMILES string of the molecule is O=C(CC1CCC2(CC1)CCN(c1ncccn1)CC2)N1CCOCC1. The molecule has 0 unspecified atom stereocenters. The van der Waals surface area contributed by atoms with Crippen LogP contribution in [-0.2, 0) is 9.53 Å². The Morgan fingerprint density at radius 1 is 1.04 bits per heavy atom. The predicted molar refractivity (Wildman–Crippen MR) is 99.9 cm³/mol. The van der Waals surface area contributed by atoms with E-state index in [2.05, 4.69) is 14.9 Å². The zero-order chi connectivity index (χ0) is 17.8. The van der Waals surface area contributed by atoms with Crippen LogP contribution in [0.1, 0.15) is 44.9 Å². The van der Waals surface area contributed by atoms with Crippen molar-refractivity contribution < 1.29 is 9.53 Å². The number of rotatable bonds is 3. The van der Waals surface area contributed by atoms with Gasteiger partial charge in [-0.1, -0.05) is 0 Å². The zero-order valence-corrected chi connectivity index (χ0v) is 15.6. The van der Waals surface area contributed by atoms with Crippen molar-refractivity contribution in [2.75, 3.05) is 44.3 Å². The summed E-state index contributed by atoms with van der Waals surface area (Å²) in [6, 6.07) is 1.87. The summed E-state index contributed by atoms with van der Waals surface area (Å²) >= 11 is 0. The molecule has 2 saturated heterocycles. The van der Waals surface area contributed by atoms with Crippen LogP contribution in [0, 0.1) is 11.3 Å². The van der Waals surface area contributed by atoms with E-state index in [1.165, 1.54) is 38.5 Å². The molecule has 0 N–H and O–H groups in total. The van der Waals surface area contributed by atoms with Gasteiger partial charge in [0.1, 0.15) is 0 Å². The van der Waals surface area contributed by atoms with Crippen molar-refractivity contribution in [3.05, 3.63) is 18.5 Å². The summed E-state index contributed by atoms with van der Waals surface area (Å²) in [5.41, 5.74) is 0.490. The molecule has 0 radical (unpaired) electrons. The monoisotopic (exact) mass is 358 g/mol. The maximum Gasteiger partial charge on any atom is 0.225 e. The van der Waals surface area contributed by atoms with Crippen LogP contribution < -0.4 is 4.90 Å². The Morgan fingerprint density at radius 2 is 1.69 bits per heavy atom. The molecule has 142 valence electrons. The van der Waals surface area contributed by atoms with Crippen LogP contribution in [0.5, 0.6) is 0 Å². The van der Waals surface area contributed by atoms with Crippen LogP contribution in [0.4, 0.5) is 5.95 Å². The van der Waals surface area contributed by atoms with E-state index in [0.29, 0.717) is 30.5 Å². The maximum atomic E-state index is 12.5. The van der Waals surface area contributed by atoms with Gasteiger partial charge in [-0.15, -0.1) is 0 Å². The summed E-state index contributed by atoms with van der Waals surface area (Å²) < 4.78 is 5.35. The Morgan fingerprint density at radius 3 is 2.35 bits per heavy atom. The van der Waals surface area contributed by atoms with Crippen molar-refractivity contribution in [3.63, 3.8) is 0 Å². The van der Waals surface area contributed by atoms with Crippen LogP contribution in [0.2, 0.25) is 0 Å². The van der Waals surface area contributed by atoms with Gasteiger partial charge in [-0.3, -0.25) is 4.79 Å². The van der Waals surface area contributed by atoms with E-state index < -0.39 is 0 Å². The molecule has 2 aliphatic heterocycles. The maximum absolute atomic E-state index is 12.5. The fraction of sp³-hybridized carbons (Fsp3) is 0.750. The molecule has 1 spiro atoms. The first kappa shape index (κ1) is 17.7. The van der Waals surface area contributed by atoms with Crippen LogP contribution in [0.25, 0.3) is 0 Å². The van der Waals surface area contributed by atoms with Gasteiger partial charge in [0.05, 0.1) is 13.2 Å². The fourth-order valence-electron chi connectivity index (χ4n) is 4.82. The lowest BCUT2D eigenvalue weighted by atomic mass is 9.65. The van der Waals surface area contributed by atoms with E-state index in [1.54, 1.807) is 0 Å². The Bertz CT molecular complexity index is 585. The number of piperidine rings is 1. The highest BCUT2D eigenvalue weighted by molar-refractivity contribution is 5.76. The third kappa shape index (κ3) is 4.00. The average Bonchev–Trinajstić information content (AvgIpc) is 2.72. The molecule has 1 amide bonds. The Labute approximate surface area is 155 Å². The third-order valence-corrected chi connectivity index (χ3v) is 6.65. The van der Waals surface area contributed by atoms with Crippen molar-refractivity contribution >= 4 is 11.9 Å². The summed E-state index contributed by atoms with van der Waals surface area (Å²) in [6.07, 6.45) is 11.8. The number of ether oxygens (including phenoxy) is 1. The lowest BCUT2D eigenvalue weighted by molar-refractivity contribution is -0.136. The van der Waals surface area contributed by atoms with E-state index in [0.717, 1.165) is 38.5 Å². The van der Waals surface area contributed by atoms with E-state index in [9.17, 15) is 4.79 Å². The average molecular weight is 358 g/mol. The number of anilines is 1. The highest BCUT2D eigenvalue weighted by Gasteiger charge is 2.39. The predicted octanol–water partition coefficient (Wildman–Crippen LogP) is 2.50.